The molecule has 0 unspecified atom stereocenters. The van der Waals surface area contributed by atoms with E-state index in [0.29, 0.717) is 34.3 Å². The molecule has 0 atom stereocenters. The lowest BCUT2D eigenvalue weighted by Crippen LogP contribution is -2.34. The Morgan fingerprint density at radius 2 is 1.85 bits per heavy atom. The first-order valence-electron chi connectivity index (χ1n) is 10.8. The first-order valence-corrected chi connectivity index (χ1v) is 12.0. The number of ether oxygens (including phenoxy) is 1. The highest BCUT2D eigenvalue weighted by molar-refractivity contribution is 8.26. The molecule has 7 nitrogen and oxygen atoms in total. The topological polar surface area (TPSA) is 87.2 Å². The summed E-state index contributed by atoms with van der Waals surface area (Å²) >= 11 is 6.59. The summed E-state index contributed by atoms with van der Waals surface area (Å²) in [6.45, 7) is 0.914. The molecule has 1 aliphatic rings. The number of rotatable bonds is 10. The number of esters is 1. The van der Waals surface area contributed by atoms with Gasteiger partial charge in [0, 0.05) is 26.1 Å². The Morgan fingerprint density at radius 3 is 2.50 bits per heavy atom. The number of aliphatic hydroxyl groups excluding tert-OH is 1. The standard InChI is InChI=1S/C25H26N2O5S2/c1-32-24(31)20-11-9-18(10-12-20)16-21-23(30)27(25(33)34-21)13-5-8-22(29)26(14-15-28)17-19-6-3-2-4-7-19/h2-4,6-7,9-12,16,28H,5,8,13-15,17H2,1H3. The van der Waals surface area contributed by atoms with Crippen LogP contribution in [0.15, 0.2) is 59.5 Å². The van der Waals surface area contributed by atoms with Gasteiger partial charge in [-0.1, -0.05) is 66.4 Å². The van der Waals surface area contributed by atoms with Gasteiger partial charge in [0.2, 0.25) is 5.91 Å². The predicted molar refractivity (Wildman–Crippen MR) is 136 cm³/mol. The first kappa shape index (κ1) is 25.6. The maximum atomic E-state index is 12.8. The van der Waals surface area contributed by atoms with E-state index in [2.05, 4.69) is 0 Å². The summed E-state index contributed by atoms with van der Waals surface area (Å²) in [5.74, 6) is -0.700. The van der Waals surface area contributed by atoms with E-state index in [1.165, 1.54) is 23.8 Å². The van der Waals surface area contributed by atoms with Gasteiger partial charge in [-0.25, -0.2) is 4.79 Å². The van der Waals surface area contributed by atoms with E-state index in [4.69, 9.17) is 17.0 Å². The number of hydrogen-bond donors (Lipinski definition) is 1. The van der Waals surface area contributed by atoms with E-state index < -0.39 is 5.97 Å². The van der Waals surface area contributed by atoms with Crippen LogP contribution in [0.5, 0.6) is 0 Å². The van der Waals surface area contributed by atoms with Gasteiger partial charge < -0.3 is 14.7 Å². The SMILES string of the molecule is COC(=O)c1ccc(C=C2SC(=S)N(CCCC(=O)N(CCO)Cc3ccccc3)C2=O)cc1. The molecule has 3 rings (SSSR count). The van der Waals surface area contributed by atoms with E-state index in [1.54, 1.807) is 35.2 Å². The number of amides is 2. The Morgan fingerprint density at radius 1 is 1.15 bits per heavy atom. The van der Waals surface area contributed by atoms with E-state index in [1.807, 2.05) is 30.3 Å². The number of hydrogen-bond acceptors (Lipinski definition) is 7. The highest BCUT2D eigenvalue weighted by Crippen LogP contribution is 2.32. The predicted octanol–water partition coefficient (Wildman–Crippen LogP) is 3.48. The molecule has 178 valence electrons. The molecule has 0 saturated carbocycles. The zero-order chi connectivity index (χ0) is 24.5. The second-order valence-electron chi connectivity index (χ2n) is 7.57. The van der Waals surface area contributed by atoms with Crippen LogP contribution in [-0.4, -0.2) is 63.8 Å². The number of thiocarbonyl (C=S) groups is 1. The largest absolute Gasteiger partial charge is 0.465 e. The van der Waals surface area contributed by atoms with Gasteiger partial charge in [0.25, 0.3) is 5.91 Å². The fraction of sp³-hybridized carbons (Fsp3) is 0.280. The Bertz CT molecular complexity index is 1070. The molecule has 2 amide bonds. The molecule has 2 aromatic carbocycles. The van der Waals surface area contributed by atoms with Gasteiger partial charge in [0.1, 0.15) is 4.32 Å². The third kappa shape index (κ3) is 6.75. The lowest BCUT2D eigenvalue weighted by atomic mass is 10.1. The molecular weight excluding hydrogens is 472 g/mol. The van der Waals surface area contributed by atoms with Crippen molar-refractivity contribution >= 4 is 52.2 Å². The average molecular weight is 499 g/mol. The van der Waals surface area contributed by atoms with Gasteiger partial charge in [0.15, 0.2) is 0 Å². The highest BCUT2D eigenvalue weighted by atomic mass is 32.2. The van der Waals surface area contributed by atoms with Gasteiger partial charge in [-0.15, -0.1) is 0 Å². The van der Waals surface area contributed by atoms with Crippen molar-refractivity contribution in [1.29, 1.82) is 0 Å². The van der Waals surface area contributed by atoms with Crippen molar-refractivity contribution in [2.24, 2.45) is 0 Å². The Labute approximate surface area is 208 Å². The summed E-state index contributed by atoms with van der Waals surface area (Å²) in [5.41, 5.74) is 2.19. The quantitative estimate of drug-likeness (QED) is 0.305. The molecular formula is C25H26N2O5S2. The molecule has 34 heavy (non-hydrogen) atoms. The van der Waals surface area contributed by atoms with Crippen molar-refractivity contribution in [3.8, 4) is 0 Å². The van der Waals surface area contributed by atoms with Crippen LogP contribution in [-0.2, 0) is 20.9 Å². The second kappa shape index (κ2) is 12.5. The summed E-state index contributed by atoms with van der Waals surface area (Å²) < 4.78 is 5.14. The molecule has 1 N–H and O–H groups in total. The van der Waals surface area contributed by atoms with Crippen LogP contribution >= 0.6 is 24.0 Å². The van der Waals surface area contributed by atoms with Gasteiger partial charge in [-0.05, 0) is 35.8 Å². The molecule has 1 fully saturated rings. The molecule has 0 aliphatic carbocycles. The number of aliphatic hydroxyl groups is 1. The normalized spacial score (nSPS) is 14.5. The molecule has 1 aliphatic heterocycles. The summed E-state index contributed by atoms with van der Waals surface area (Å²) in [4.78, 5) is 40.7. The van der Waals surface area contributed by atoms with Crippen molar-refractivity contribution < 1.29 is 24.2 Å². The lowest BCUT2D eigenvalue weighted by Gasteiger charge is -2.22. The van der Waals surface area contributed by atoms with E-state index >= 15 is 0 Å². The molecule has 0 bridgehead atoms. The molecule has 0 spiro atoms. The minimum Gasteiger partial charge on any atom is -0.465 e. The van der Waals surface area contributed by atoms with E-state index in [-0.39, 0.29) is 31.4 Å². The Balaban J connectivity index is 1.56. The Kier molecular flexibility index (Phi) is 9.38. The van der Waals surface area contributed by atoms with Gasteiger partial charge in [-0.3, -0.25) is 14.5 Å². The minimum atomic E-state index is -0.422. The fourth-order valence-corrected chi connectivity index (χ4v) is 4.75. The van der Waals surface area contributed by atoms with Crippen LogP contribution in [0.1, 0.15) is 34.3 Å². The molecule has 1 heterocycles. The van der Waals surface area contributed by atoms with Gasteiger partial charge >= 0.3 is 5.97 Å². The Hall–Kier alpha value is -3.01. The van der Waals surface area contributed by atoms with E-state index in [9.17, 15) is 19.5 Å². The number of carbonyl (C=O) groups is 3. The number of nitrogens with zero attached hydrogens (tertiary/aromatic N) is 2. The van der Waals surface area contributed by atoms with Crippen LogP contribution in [0.3, 0.4) is 0 Å². The zero-order valence-corrected chi connectivity index (χ0v) is 20.4. The smallest absolute Gasteiger partial charge is 0.337 e. The molecule has 9 heteroatoms. The zero-order valence-electron chi connectivity index (χ0n) is 18.8. The first-order chi connectivity index (χ1) is 16.4. The maximum absolute atomic E-state index is 12.8. The molecule has 1 saturated heterocycles. The number of benzene rings is 2. The third-order valence-electron chi connectivity index (χ3n) is 5.21. The summed E-state index contributed by atoms with van der Waals surface area (Å²) in [7, 11) is 1.32. The third-order valence-corrected chi connectivity index (χ3v) is 6.59. The highest BCUT2D eigenvalue weighted by Gasteiger charge is 2.31. The van der Waals surface area contributed by atoms with Gasteiger partial charge in [0.05, 0.1) is 24.2 Å². The number of thioether (sulfide) groups is 1. The molecule has 0 aromatic heterocycles. The number of carbonyl (C=O) groups excluding carboxylic acids is 3. The maximum Gasteiger partial charge on any atom is 0.337 e. The molecule has 2 aromatic rings. The van der Waals surface area contributed by atoms with E-state index in [0.717, 1.165) is 11.1 Å². The van der Waals surface area contributed by atoms with Crippen LogP contribution < -0.4 is 0 Å². The number of methoxy groups -OCH3 is 1. The van der Waals surface area contributed by atoms with Crippen LogP contribution in [0, 0.1) is 0 Å². The lowest BCUT2D eigenvalue weighted by molar-refractivity contribution is -0.132. The van der Waals surface area contributed by atoms with Crippen molar-refractivity contribution in [2.75, 3.05) is 26.8 Å². The van der Waals surface area contributed by atoms with Crippen LogP contribution in [0.2, 0.25) is 0 Å². The van der Waals surface area contributed by atoms with Crippen molar-refractivity contribution in [2.45, 2.75) is 19.4 Å². The summed E-state index contributed by atoms with van der Waals surface area (Å²) in [6, 6.07) is 16.4. The van der Waals surface area contributed by atoms with Crippen LogP contribution in [0.4, 0.5) is 0 Å². The van der Waals surface area contributed by atoms with Crippen molar-refractivity contribution in [3.63, 3.8) is 0 Å². The second-order valence-corrected chi connectivity index (χ2v) is 9.25. The van der Waals surface area contributed by atoms with Crippen molar-refractivity contribution in [1.82, 2.24) is 9.80 Å². The summed E-state index contributed by atoms with van der Waals surface area (Å²) in [5, 5.41) is 9.34. The average Bonchev–Trinajstić information content (AvgIpc) is 3.11. The fourth-order valence-electron chi connectivity index (χ4n) is 3.44. The summed E-state index contributed by atoms with van der Waals surface area (Å²) in [6.07, 6.45) is 2.44. The van der Waals surface area contributed by atoms with Crippen LogP contribution in [0.25, 0.3) is 6.08 Å². The van der Waals surface area contributed by atoms with Gasteiger partial charge in [-0.2, -0.15) is 0 Å². The van der Waals surface area contributed by atoms with Crippen molar-refractivity contribution in [3.05, 3.63) is 76.2 Å². The molecule has 0 radical (unpaired) electrons. The monoisotopic (exact) mass is 498 g/mol. The minimum absolute atomic E-state index is 0.0791.